The Morgan fingerprint density at radius 3 is 2.71 bits per heavy atom. The Morgan fingerprint density at radius 2 is 2.57 bits per heavy atom. The third-order valence-corrected chi connectivity index (χ3v) is 1.51. The largest absolute Gasteiger partial charge is 0.383 e. The van der Waals surface area contributed by atoms with Crippen LogP contribution in [0.15, 0.2) is 15.6 Å². The first-order chi connectivity index (χ1) is 3.30. The molecule has 0 spiro atoms. The van der Waals surface area contributed by atoms with Crippen molar-refractivity contribution in [2.24, 2.45) is 10.7 Å². The van der Waals surface area contributed by atoms with Crippen molar-refractivity contribution in [3.8, 4) is 0 Å². The fourth-order valence-electron chi connectivity index (χ4n) is 0.404. The van der Waals surface area contributed by atoms with Crippen molar-refractivity contribution >= 4 is 21.8 Å². The van der Waals surface area contributed by atoms with Gasteiger partial charge in [-0.15, -0.1) is 0 Å². The minimum Gasteiger partial charge on any atom is -0.383 e. The van der Waals surface area contributed by atoms with Crippen LogP contribution in [0.1, 0.15) is 0 Å². The molecule has 1 aliphatic rings. The van der Waals surface area contributed by atoms with Gasteiger partial charge in [-0.3, -0.25) is 4.99 Å². The summed E-state index contributed by atoms with van der Waals surface area (Å²) < 4.78 is 0.924. The van der Waals surface area contributed by atoms with Crippen LogP contribution in [-0.4, -0.2) is 12.4 Å². The van der Waals surface area contributed by atoms with Crippen molar-refractivity contribution in [3.63, 3.8) is 0 Å². The molecule has 38 valence electrons. The van der Waals surface area contributed by atoms with E-state index in [1.165, 1.54) is 0 Å². The Balaban J connectivity index is 2.78. The van der Waals surface area contributed by atoms with Crippen LogP contribution in [0, 0.1) is 0 Å². The van der Waals surface area contributed by atoms with Gasteiger partial charge in [0.1, 0.15) is 5.84 Å². The van der Waals surface area contributed by atoms with E-state index < -0.39 is 0 Å². The Morgan fingerprint density at radius 1 is 1.86 bits per heavy atom. The lowest BCUT2D eigenvalue weighted by atomic mass is 10.5. The minimum absolute atomic E-state index is 0.611. The van der Waals surface area contributed by atoms with Gasteiger partial charge in [-0.1, -0.05) is 0 Å². The van der Waals surface area contributed by atoms with E-state index in [1.54, 1.807) is 0 Å². The molecule has 2 nitrogen and oxygen atoms in total. The number of hydrogen-bond acceptors (Lipinski definition) is 2. The van der Waals surface area contributed by atoms with Crippen LogP contribution < -0.4 is 5.73 Å². The van der Waals surface area contributed by atoms with Crippen LogP contribution in [-0.2, 0) is 0 Å². The van der Waals surface area contributed by atoms with Gasteiger partial charge >= 0.3 is 0 Å². The van der Waals surface area contributed by atoms with Crippen molar-refractivity contribution in [1.82, 2.24) is 0 Å². The summed E-state index contributed by atoms with van der Waals surface area (Å²) in [6.07, 6.45) is 1.93. The van der Waals surface area contributed by atoms with Gasteiger partial charge in [0.15, 0.2) is 0 Å². The molecule has 0 aromatic rings. The molecule has 0 aromatic carbocycles. The summed E-state index contributed by atoms with van der Waals surface area (Å²) in [7, 11) is 0. The maximum atomic E-state index is 5.31. The molecule has 0 radical (unpaired) electrons. The third kappa shape index (κ3) is 0.825. The highest BCUT2D eigenvalue weighted by Crippen LogP contribution is 2.08. The molecular formula is C4H5BrN2. The van der Waals surface area contributed by atoms with Gasteiger partial charge in [0.2, 0.25) is 0 Å². The molecule has 0 aromatic heterocycles. The molecule has 7 heavy (non-hydrogen) atoms. The second-order valence-corrected chi connectivity index (χ2v) is 2.13. The number of amidine groups is 1. The SMILES string of the molecule is NC1=NCC=C1Br. The summed E-state index contributed by atoms with van der Waals surface area (Å²) in [4.78, 5) is 3.87. The van der Waals surface area contributed by atoms with Gasteiger partial charge in [0.05, 0.1) is 11.0 Å². The molecule has 1 heterocycles. The Bertz CT molecular complexity index is 121. The average molecular weight is 161 g/mol. The van der Waals surface area contributed by atoms with E-state index in [9.17, 15) is 0 Å². The van der Waals surface area contributed by atoms with Crippen LogP contribution in [0.4, 0.5) is 0 Å². The van der Waals surface area contributed by atoms with E-state index in [0.29, 0.717) is 5.84 Å². The lowest BCUT2D eigenvalue weighted by Crippen LogP contribution is -2.07. The highest BCUT2D eigenvalue weighted by Gasteiger charge is 2.00. The molecule has 0 saturated heterocycles. The quantitative estimate of drug-likeness (QED) is 0.556. The first-order valence-electron chi connectivity index (χ1n) is 1.96. The molecule has 3 heteroatoms. The zero-order valence-electron chi connectivity index (χ0n) is 3.69. The minimum atomic E-state index is 0.611. The molecule has 0 fully saturated rings. The number of nitrogens with two attached hydrogens (primary N) is 1. The van der Waals surface area contributed by atoms with Gasteiger partial charge in [0, 0.05) is 0 Å². The second kappa shape index (κ2) is 1.66. The molecule has 0 saturated carbocycles. The summed E-state index contributed by atoms with van der Waals surface area (Å²) in [5, 5.41) is 0. The second-order valence-electron chi connectivity index (χ2n) is 1.28. The van der Waals surface area contributed by atoms with E-state index in [2.05, 4.69) is 20.9 Å². The highest BCUT2D eigenvalue weighted by atomic mass is 79.9. The fraction of sp³-hybridized carbons (Fsp3) is 0.250. The number of halogens is 1. The summed E-state index contributed by atoms with van der Waals surface area (Å²) in [5.41, 5.74) is 5.31. The summed E-state index contributed by atoms with van der Waals surface area (Å²) in [6.45, 7) is 0.729. The summed E-state index contributed by atoms with van der Waals surface area (Å²) >= 11 is 3.21. The van der Waals surface area contributed by atoms with Crippen LogP contribution >= 0.6 is 15.9 Å². The topological polar surface area (TPSA) is 38.4 Å². The van der Waals surface area contributed by atoms with Gasteiger partial charge < -0.3 is 5.73 Å². The standard InChI is InChI=1S/C4H5BrN2/c5-3-1-2-7-4(3)6/h1H,2H2,(H2,6,7). The van der Waals surface area contributed by atoms with Crippen LogP contribution in [0.5, 0.6) is 0 Å². The maximum absolute atomic E-state index is 5.31. The molecule has 0 aliphatic carbocycles. The van der Waals surface area contributed by atoms with Crippen molar-refractivity contribution in [2.75, 3.05) is 6.54 Å². The van der Waals surface area contributed by atoms with E-state index in [-0.39, 0.29) is 0 Å². The lowest BCUT2D eigenvalue weighted by molar-refractivity contribution is 1.27. The van der Waals surface area contributed by atoms with Crippen molar-refractivity contribution in [1.29, 1.82) is 0 Å². The third-order valence-electron chi connectivity index (χ3n) is 0.777. The van der Waals surface area contributed by atoms with Crippen molar-refractivity contribution in [2.45, 2.75) is 0 Å². The Kier molecular flexibility index (Phi) is 1.15. The molecule has 0 amide bonds. The highest BCUT2D eigenvalue weighted by molar-refractivity contribution is 9.12. The number of aliphatic imine (C=N–C) groups is 1. The molecule has 1 rings (SSSR count). The van der Waals surface area contributed by atoms with Crippen molar-refractivity contribution in [3.05, 3.63) is 10.6 Å². The molecule has 0 atom stereocenters. The molecule has 1 aliphatic heterocycles. The maximum Gasteiger partial charge on any atom is 0.132 e. The zero-order chi connectivity index (χ0) is 5.28. The average Bonchev–Trinajstić information content (AvgIpc) is 1.91. The van der Waals surface area contributed by atoms with Gasteiger partial charge in [0.25, 0.3) is 0 Å². The van der Waals surface area contributed by atoms with Crippen LogP contribution in [0.3, 0.4) is 0 Å². The zero-order valence-corrected chi connectivity index (χ0v) is 5.27. The van der Waals surface area contributed by atoms with Crippen LogP contribution in [0.25, 0.3) is 0 Å². The Labute approximate surface area is 50.2 Å². The van der Waals surface area contributed by atoms with Gasteiger partial charge in [-0.05, 0) is 22.0 Å². The lowest BCUT2D eigenvalue weighted by Gasteiger charge is -1.83. The van der Waals surface area contributed by atoms with E-state index >= 15 is 0 Å². The first kappa shape index (κ1) is 4.84. The molecule has 2 N–H and O–H groups in total. The summed E-state index contributed by atoms with van der Waals surface area (Å²) in [5.74, 6) is 0.611. The fourth-order valence-corrected chi connectivity index (χ4v) is 0.674. The Hall–Kier alpha value is -0.310. The first-order valence-corrected chi connectivity index (χ1v) is 2.76. The van der Waals surface area contributed by atoms with Gasteiger partial charge in [-0.2, -0.15) is 0 Å². The normalized spacial score (nSPS) is 19.0. The molecule has 0 unspecified atom stereocenters. The monoisotopic (exact) mass is 160 g/mol. The van der Waals surface area contributed by atoms with Crippen molar-refractivity contribution < 1.29 is 0 Å². The summed E-state index contributed by atoms with van der Waals surface area (Å²) in [6, 6.07) is 0. The van der Waals surface area contributed by atoms with Crippen LogP contribution in [0.2, 0.25) is 0 Å². The number of hydrogen-bond donors (Lipinski definition) is 1. The van der Waals surface area contributed by atoms with E-state index in [0.717, 1.165) is 11.0 Å². The van der Waals surface area contributed by atoms with Gasteiger partial charge in [-0.25, -0.2) is 0 Å². The molecule has 0 bridgehead atoms. The number of nitrogens with zero attached hydrogens (tertiary/aromatic N) is 1. The van der Waals surface area contributed by atoms with E-state index in [1.807, 2.05) is 6.08 Å². The van der Waals surface area contributed by atoms with E-state index in [4.69, 9.17) is 5.73 Å². The predicted octanol–water partition coefficient (Wildman–Crippen LogP) is 0.636. The smallest absolute Gasteiger partial charge is 0.132 e. The number of rotatable bonds is 0. The predicted molar refractivity (Wildman–Crippen MR) is 33.5 cm³/mol. The molecular weight excluding hydrogens is 156 g/mol.